The van der Waals surface area contributed by atoms with E-state index >= 15 is 0 Å². The van der Waals surface area contributed by atoms with Crippen molar-refractivity contribution in [2.75, 3.05) is 13.2 Å². The zero-order valence-corrected chi connectivity index (χ0v) is 16.4. The number of ether oxygens (including phenoxy) is 1. The third-order valence-electron chi connectivity index (χ3n) is 4.59. The van der Waals surface area contributed by atoms with Crippen LogP contribution in [-0.2, 0) is 4.74 Å². The van der Waals surface area contributed by atoms with E-state index in [1.807, 2.05) is 0 Å². The molecule has 0 spiro atoms. The highest BCUT2D eigenvalue weighted by atomic mass is 16.5. The molecule has 0 atom stereocenters. The molecule has 0 unspecified atom stereocenters. The van der Waals surface area contributed by atoms with Crippen LogP contribution in [0.2, 0.25) is 0 Å². The fourth-order valence-electron chi connectivity index (χ4n) is 3.02. The predicted octanol–water partition coefficient (Wildman–Crippen LogP) is 6.02. The van der Waals surface area contributed by atoms with Gasteiger partial charge in [0.15, 0.2) is 5.88 Å². The van der Waals surface area contributed by atoms with E-state index < -0.39 is 0 Å². The fraction of sp³-hybridized carbons (Fsp3) is 0.905. The van der Waals surface area contributed by atoms with Crippen LogP contribution in [0.5, 0.6) is 0 Å². The lowest BCUT2D eigenvalue weighted by molar-refractivity contribution is 0.201. The van der Waals surface area contributed by atoms with E-state index in [2.05, 4.69) is 6.92 Å². The Hall–Kier alpha value is -0.700. The molecule has 0 aromatic carbocycles. The largest absolute Gasteiger partial charge is 0.480 e. The highest BCUT2D eigenvalue weighted by Crippen LogP contribution is 2.13. The SMILES string of the molecule is CCCCCCCCCCCCCCCCCCOC(N)=CCN. The van der Waals surface area contributed by atoms with Crippen molar-refractivity contribution in [1.29, 1.82) is 0 Å². The number of hydrogen-bond acceptors (Lipinski definition) is 3. The highest BCUT2D eigenvalue weighted by molar-refractivity contribution is 4.87. The summed E-state index contributed by atoms with van der Waals surface area (Å²) in [6, 6.07) is 0. The Balaban J connectivity index is 3.04. The van der Waals surface area contributed by atoms with Crippen LogP contribution < -0.4 is 11.5 Å². The Morgan fingerprint density at radius 2 is 1.04 bits per heavy atom. The molecule has 24 heavy (non-hydrogen) atoms. The summed E-state index contributed by atoms with van der Waals surface area (Å²) in [5.74, 6) is 0.471. The predicted molar refractivity (Wildman–Crippen MR) is 107 cm³/mol. The monoisotopic (exact) mass is 340 g/mol. The summed E-state index contributed by atoms with van der Waals surface area (Å²) in [5, 5.41) is 0. The molecule has 0 saturated carbocycles. The molecule has 0 aromatic rings. The van der Waals surface area contributed by atoms with Crippen molar-refractivity contribution < 1.29 is 4.74 Å². The fourth-order valence-corrected chi connectivity index (χ4v) is 3.02. The third kappa shape index (κ3) is 19.3. The van der Waals surface area contributed by atoms with Gasteiger partial charge in [-0.3, -0.25) is 0 Å². The summed E-state index contributed by atoms with van der Waals surface area (Å²) in [6.07, 6.45) is 23.9. The smallest absolute Gasteiger partial charge is 0.181 e. The van der Waals surface area contributed by atoms with E-state index in [4.69, 9.17) is 16.2 Å². The zero-order chi connectivity index (χ0) is 17.7. The molecular weight excluding hydrogens is 296 g/mol. The van der Waals surface area contributed by atoms with Crippen molar-refractivity contribution in [3.05, 3.63) is 12.0 Å². The molecule has 3 nitrogen and oxygen atoms in total. The normalized spacial score (nSPS) is 11.8. The molecule has 0 aliphatic rings. The Morgan fingerprint density at radius 3 is 1.42 bits per heavy atom. The molecule has 0 rings (SSSR count). The van der Waals surface area contributed by atoms with Crippen LogP contribution in [0, 0.1) is 0 Å². The first-order chi connectivity index (χ1) is 11.8. The lowest BCUT2D eigenvalue weighted by Crippen LogP contribution is -2.07. The second-order valence-electron chi connectivity index (χ2n) is 6.99. The van der Waals surface area contributed by atoms with Gasteiger partial charge in [0.05, 0.1) is 6.61 Å². The highest BCUT2D eigenvalue weighted by Gasteiger charge is 1.95. The van der Waals surface area contributed by atoms with Crippen LogP contribution in [0.4, 0.5) is 0 Å². The average Bonchev–Trinajstić information content (AvgIpc) is 2.58. The van der Waals surface area contributed by atoms with E-state index in [9.17, 15) is 0 Å². The van der Waals surface area contributed by atoms with Gasteiger partial charge >= 0.3 is 0 Å². The Kier molecular flexibility index (Phi) is 19.8. The second-order valence-corrected chi connectivity index (χ2v) is 6.99. The first kappa shape index (κ1) is 23.3. The van der Waals surface area contributed by atoms with Crippen LogP contribution in [0.3, 0.4) is 0 Å². The van der Waals surface area contributed by atoms with Gasteiger partial charge in [0.25, 0.3) is 0 Å². The number of nitrogens with two attached hydrogens (primary N) is 2. The zero-order valence-electron chi connectivity index (χ0n) is 16.4. The molecule has 0 saturated heterocycles. The van der Waals surface area contributed by atoms with Crippen molar-refractivity contribution in [2.24, 2.45) is 11.5 Å². The molecule has 0 bridgehead atoms. The number of hydrogen-bond donors (Lipinski definition) is 2. The molecule has 0 heterocycles. The van der Waals surface area contributed by atoms with Gasteiger partial charge in [0, 0.05) is 6.54 Å². The molecule has 4 N–H and O–H groups in total. The van der Waals surface area contributed by atoms with Crippen LogP contribution in [0.25, 0.3) is 0 Å². The molecule has 3 heteroatoms. The van der Waals surface area contributed by atoms with Gasteiger partial charge < -0.3 is 16.2 Å². The van der Waals surface area contributed by atoms with Crippen LogP contribution in [0.1, 0.15) is 110 Å². The van der Waals surface area contributed by atoms with Crippen molar-refractivity contribution in [1.82, 2.24) is 0 Å². The standard InChI is InChI=1S/C21H44N2O/c1-2-3-4-5-6-7-8-9-10-11-12-13-14-15-16-17-20-24-21(23)18-19-22/h18H,2-17,19-20,22-23H2,1H3. The van der Waals surface area contributed by atoms with E-state index in [0.29, 0.717) is 12.4 Å². The van der Waals surface area contributed by atoms with Gasteiger partial charge in [-0.1, -0.05) is 103 Å². The van der Waals surface area contributed by atoms with Crippen LogP contribution >= 0.6 is 0 Å². The van der Waals surface area contributed by atoms with E-state index in [1.165, 1.54) is 96.3 Å². The Morgan fingerprint density at radius 1 is 0.667 bits per heavy atom. The molecular formula is C21H44N2O. The van der Waals surface area contributed by atoms with Crippen molar-refractivity contribution in [3.63, 3.8) is 0 Å². The third-order valence-corrected chi connectivity index (χ3v) is 4.59. The lowest BCUT2D eigenvalue weighted by Gasteiger charge is -2.06. The Bertz CT molecular complexity index is 267. The molecule has 0 radical (unpaired) electrons. The van der Waals surface area contributed by atoms with E-state index in [-0.39, 0.29) is 0 Å². The summed E-state index contributed by atoms with van der Waals surface area (Å²) < 4.78 is 5.36. The van der Waals surface area contributed by atoms with Crippen LogP contribution in [0.15, 0.2) is 12.0 Å². The minimum absolute atomic E-state index is 0.449. The van der Waals surface area contributed by atoms with Gasteiger partial charge in [-0.15, -0.1) is 0 Å². The molecule has 0 aliphatic carbocycles. The van der Waals surface area contributed by atoms with Gasteiger partial charge in [0.1, 0.15) is 0 Å². The van der Waals surface area contributed by atoms with Crippen molar-refractivity contribution in [2.45, 2.75) is 110 Å². The second kappa shape index (κ2) is 20.3. The van der Waals surface area contributed by atoms with Crippen molar-refractivity contribution >= 4 is 0 Å². The molecule has 0 aliphatic heterocycles. The topological polar surface area (TPSA) is 61.3 Å². The van der Waals surface area contributed by atoms with E-state index in [0.717, 1.165) is 13.0 Å². The molecule has 0 amide bonds. The first-order valence-corrected chi connectivity index (χ1v) is 10.6. The molecule has 0 fully saturated rings. The number of unbranched alkanes of at least 4 members (excludes halogenated alkanes) is 15. The van der Waals surface area contributed by atoms with Gasteiger partial charge in [-0.05, 0) is 12.5 Å². The summed E-state index contributed by atoms with van der Waals surface area (Å²) >= 11 is 0. The quantitative estimate of drug-likeness (QED) is 0.223. The minimum Gasteiger partial charge on any atom is -0.480 e. The summed E-state index contributed by atoms with van der Waals surface area (Å²) in [5.41, 5.74) is 11.0. The van der Waals surface area contributed by atoms with Crippen LogP contribution in [-0.4, -0.2) is 13.2 Å². The maximum atomic E-state index is 5.61. The van der Waals surface area contributed by atoms with E-state index in [1.54, 1.807) is 6.08 Å². The van der Waals surface area contributed by atoms with Gasteiger partial charge in [-0.2, -0.15) is 0 Å². The maximum Gasteiger partial charge on any atom is 0.181 e. The van der Waals surface area contributed by atoms with Gasteiger partial charge in [0.2, 0.25) is 0 Å². The summed E-state index contributed by atoms with van der Waals surface area (Å²) in [4.78, 5) is 0. The molecule has 0 aromatic heterocycles. The van der Waals surface area contributed by atoms with Gasteiger partial charge in [-0.25, -0.2) is 0 Å². The Labute approximate surface area is 151 Å². The molecule has 144 valence electrons. The lowest BCUT2D eigenvalue weighted by atomic mass is 10.0. The minimum atomic E-state index is 0.449. The maximum absolute atomic E-state index is 5.61. The summed E-state index contributed by atoms with van der Waals surface area (Å²) in [7, 11) is 0. The van der Waals surface area contributed by atoms with Crippen molar-refractivity contribution in [3.8, 4) is 0 Å². The first-order valence-electron chi connectivity index (χ1n) is 10.6. The summed E-state index contributed by atoms with van der Waals surface area (Å²) in [6.45, 7) is 3.46. The number of rotatable bonds is 19. The average molecular weight is 341 g/mol.